The molecule has 7 aromatic carbocycles. The van der Waals surface area contributed by atoms with Gasteiger partial charge in [-0.1, -0.05) is 188 Å². The molecule has 55 heavy (non-hydrogen) atoms. The standard InChI is InChI=1S/C50H35N5/c51-46(36-22-10-3-11-23-36)45(35-20-8-2-9-21-35)47-44-40(33-43(52-47)34-18-6-1-7-19-34)29-17-31-42(44)39-28-16-30-41(32-39)50-54-48(37-24-12-4-13-25-37)53-49(55-50)38-26-14-5-15-27-38/h1-33,51-52H/b47-45-,51-46?. The van der Waals surface area contributed by atoms with E-state index in [0.29, 0.717) is 23.2 Å². The van der Waals surface area contributed by atoms with Crippen LogP contribution in [0.15, 0.2) is 194 Å². The van der Waals surface area contributed by atoms with Crippen LogP contribution in [0.1, 0.15) is 27.8 Å². The molecular weight excluding hydrogens is 671 g/mol. The first-order valence-electron chi connectivity index (χ1n) is 18.3. The smallest absolute Gasteiger partial charge is 0.164 e. The average molecular weight is 706 g/mol. The first kappa shape index (κ1) is 33.3. The van der Waals surface area contributed by atoms with Gasteiger partial charge in [0.2, 0.25) is 0 Å². The van der Waals surface area contributed by atoms with E-state index in [2.05, 4.69) is 90.3 Å². The Morgan fingerprint density at radius 1 is 0.418 bits per heavy atom. The SMILES string of the molecule is N=C(/C(=C1\NC(c2ccccc2)=Cc2cccc(-c3cccc(-c4nc(-c5ccccc5)nc(-c5ccccc5)n4)c3)c21)c1ccccc1)c1ccccc1. The van der Waals surface area contributed by atoms with Crippen LogP contribution in [0.3, 0.4) is 0 Å². The molecule has 0 atom stereocenters. The number of fused-ring (bicyclic) bond motifs is 1. The van der Waals surface area contributed by atoms with Crippen LogP contribution in [0, 0.1) is 5.41 Å². The van der Waals surface area contributed by atoms with Crippen molar-refractivity contribution in [1.29, 1.82) is 5.41 Å². The van der Waals surface area contributed by atoms with E-state index >= 15 is 0 Å². The van der Waals surface area contributed by atoms with Crippen molar-refractivity contribution in [2.75, 3.05) is 0 Å². The van der Waals surface area contributed by atoms with Gasteiger partial charge in [0.25, 0.3) is 0 Å². The summed E-state index contributed by atoms with van der Waals surface area (Å²) in [6.45, 7) is 0. The van der Waals surface area contributed by atoms with Crippen LogP contribution >= 0.6 is 0 Å². The van der Waals surface area contributed by atoms with Crippen LogP contribution in [0.4, 0.5) is 0 Å². The van der Waals surface area contributed by atoms with Gasteiger partial charge in [-0.15, -0.1) is 0 Å². The fourth-order valence-electron chi connectivity index (χ4n) is 7.09. The highest BCUT2D eigenvalue weighted by atomic mass is 15.0. The molecule has 1 aliphatic heterocycles. The molecule has 2 heterocycles. The summed E-state index contributed by atoms with van der Waals surface area (Å²) in [5.41, 5.74) is 12.8. The molecule has 1 aromatic heterocycles. The third-order valence-electron chi connectivity index (χ3n) is 9.75. The largest absolute Gasteiger partial charge is 0.354 e. The summed E-state index contributed by atoms with van der Waals surface area (Å²) < 4.78 is 0. The van der Waals surface area contributed by atoms with Crippen LogP contribution < -0.4 is 5.32 Å². The Kier molecular flexibility index (Phi) is 9.01. The Morgan fingerprint density at radius 2 is 0.873 bits per heavy atom. The fraction of sp³-hybridized carbons (Fsp3) is 0. The summed E-state index contributed by atoms with van der Waals surface area (Å²) in [7, 11) is 0. The zero-order valence-electron chi connectivity index (χ0n) is 29.9. The summed E-state index contributed by atoms with van der Waals surface area (Å²) in [5.74, 6) is 1.83. The van der Waals surface area contributed by atoms with Crippen LogP contribution in [0.2, 0.25) is 0 Å². The normalized spacial score (nSPS) is 12.9. The van der Waals surface area contributed by atoms with E-state index in [1.807, 2.05) is 115 Å². The number of nitrogens with one attached hydrogen (secondary N) is 2. The monoisotopic (exact) mass is 705 g/mol. The maximum Gasteiger partial charge on any atom is 0.164 e. The van der Waals surface area contributed by atoms with Gasteiger partial charge >= 0.3 is 0 Å². The summed E-state index contributed by atoms with van der Waals surface area (Å²) in [5, 5.41) is 13.6. The minimum Gasteiger partial charge on any atom is -0.354 e. The molecule has 2 N–H and O–H groups in total. The molecule has 0 aliphatic carbocycles. The van der Waals surface area contributed by atoms with Crippen LogP contribution in [-0.2, 0) is 0 Å². The van der Waals surface area contributed by atoms with E-state index in [1.165, 1.54) is 0 Å². The Labute approximate surface area is 320 Å². The van der Waals surface area contributed by atoms with E-state index in [1.54, 1.807) is 0 Å². The van der Waals surface area contributed by atoms with Gasteiger partial charge in [-0.3, -0.25) is 5.41 Å². The molecule has 9 rings (SSSR count). The van der Waals surface area contributed by atoms with Crippen molar-refractivity contribution in [3.63, 3.8) is 0 Å². The van der Waals surface area contributed by atoms with E-state index in [9.17, 15) is 5.41 Å². The Morgan fingerprint density at radius 3 is 1.45 bits per heavy atom. The number of rotatable bonds is 8. The van der Waals surface area contributed by atoms with Crippen molar-refractivity contribution < 1.29 is 0 Å². The number of nitrogens with zero attached hydrogens (tertiary/aromatic N) is 3. The molecule has 0 unspecified atom stereocenters. The van der Waals surface area contributed by atoms with Crippen molar-refractivity contribution in [1.82, 2.24) is 20.3 Å². The van der Waals surface area contributed by atoms with E-state index < -0.39 is 0 Å². The number of aromatic nitrogens is 3. The molecule has 260 valence electrons. The molecule has 5 nitrogen and oxygen atoms in total. The molecule has 0 bridgehead atoms. The molecule has 0 saturated heterocycles. The Bertz CT molecular complexity index is 2650. The lowest BCUT2D eigenvalue weighted by molar-refractivity contribution is 1.07. The van der Waals surface area contributed by atoms with Gasteiger partial charge in [0.1, 0.15) is 0 Å². The van der Waals surface area contributed by atoms with Crippen LogP contribution in [0.25, 0.3) is 68.3 Å². The molecule has 0 amide bonds. The quantitative estimate of drug-likeness (QED) is 0.154. The van der Waals surface area contributed by atoms with Crippen LogP contribution in [0.5, 0.6) is 0 Å². The second kappa shape index (κ2) is 14.9. The summed E-state index contributed by atoms with van der Waals surface area (Å²) >= 11 is 0. The fourth-order valence-corrected chi connectivity index (χ4v) is 7.09. The molecule has 1 aliphatic rings. The first-order chi connectivity index (χ1) is 27.2. The Balaban J connectivity index is 1.26. The van der Waals surface area contributed by atoms with Gasteiger partial charge in [0.15, 0.2) is 17.5 Å². The highest BCUT2D eigenvalue weighted by Gasteiger charge is 2.26. The third kappa shape index (κ3) is 6.78. The summed E-state index contributed by atoms with van der Waals surface area (Å²) in [4.78, 5) is 15.0. The maximum atomic E-state index is 9.74. The number of hydrogen-bond acceptors (Lipinski definition) is 5. The molecule has 8 aromatic rings. The van der Waals surface area contributed by atoms with Crippen LogP contribution in [-0.4, -0.2) is 20.7 Å². The van der Waals surface area contributed by atoms with Crippen molar-refractivity contribution in [3.8, 4) is 45.3 Å². The zero-order valence-corrected chi connectivity index (χ0v) is 29.9. The second-order valence-electron chi connectivity index (χ2n) is 13.3. The van der Waals surface area contributed by atoms with E-state index in [0.717, 1.165) is 72.6 Å². The molecule has 0 spiro atoms. The van der Waals surface area contributed by atoms with Crippen molar-refractivity contribution >= 4 is 28.8 Å². The molecule has 0 saturated carbocycles. The van der Waals surface area contributed by atoms with Crippen molar-refractivity contribution in [2.45, 2.75) is 0 Å². The third-order valence-corrected chi connectivity index (χ3v) is 9.75. The van der Waals surface area contributed by atoms with Gasteiger partial charge in [-0.25, -0.2) is 15.0 Å². The lowest BCUT2D eigenvalue weighted by atomic mass is 9.84. The van der Waals surface area contributed by atoms with Gasteiger partial charge in [-0.2, -0.15) is 0 Å². The molecule has 0 fully saturated rings. The predicted octanol–water partition coefficient (Wildman–Crippen LogP) is 11.6. The molecule has 0 radical (unpaired) electrons. The van der Waals surface area contributed by atoms with Gasteiger partial charge in [0, 0.05) is 39.1 Å². The zero-order chi connectivity index (χ0) is 37.0. The van der Waals surface area contributed by atoms with Crippen molar-refractivity contribution in [3.05, 3.63) is 222 Å². The van der Waals surface area contributed by atoms with E-state index in [-0.39, 0.29) is 0 Å². The number of hydrogen-bond donors (Lipinski definition) is 2. The molecule has 5 heteroatoms. The predicted molar refractivity (Wildman–Crippen MR) is 226 cm³/mol. The minimum atomic E-state index is 0.435. The Hall–Kier alpha value is -7.50. The van der Waals surface area contributed by atoms with Crippen molar-refractivity contribution in [2.24, 2.45) is 0 Å². The first-order valence-corrected chi connectivity index (χ1v) is 18.3. The lowest BCUT2D eigenvalue weighted by Crippen LogP contribution is -2.21. The maximum absolute atomic E-state index is 9.74. The summed E-state index contributed by atoms with van der Waals surface area (Å²) in [6.07, 6.45) is 2.21. The summed E-state index contributed by atoms with van der Waals surface area (Å²) in [6, 6.07) is 65.5. The van der Waals surface area contributed by atoms with Gasteiger partial charge < -0.3 is 5.32 Å². The number of benzene rings is 7. The number of allylic oxidation sites excluding steroid dienone is 1. The van der Waals surface area contributed by atoms with E-state index in [4.69, 9.17) is 15.0 Å². The molecular formula is C50H35N5. The lowest BCUT2D eigenvalue weighted by Gasteiger charge is -2.28. The highest BCUT2D eigenvalue weighted by Crippen LogP contribution is 2.42. The second-order valence-corrected chi connectivity index (χ2v) is 13.3. The van der Waals surface area contributed by atoms with Gasteiger partial charge in [0.05, 0.1) is 11.4 Å². The minimum absolute atomic E-state index is 0.435. The van der Waals surface area contributed by atoms with Gasteiger partial charge in [-0.05, 0) is 40.0 Å². The topological polar surface area (TPSA) is 74.6 Å². The highest BCUT2D eigenvalue weighted by molar-refractivity contribution is 6.36. The average Bonchev–Trinajstić information content (AvgIpc) is 3.27.